The quantitative estimate of drug-likeness (QED) is 0.839. The lowest BCUT2D eigenvalue weighted by Gasteiger charge is -2.26. The molecule has 0 spiro atoms. The van der Waals surface area contributed by atoms with Crippen molar-refractivity contribution < 1.29 is 14.3 Å². The van der Waals surface area contributed by atoms with Crippen molar-refractivity contribution in [1.29, 1.82) is 0 Å². The Hall–Kier alpha value is -1.55. The number of hydrogen-bond donors (Lipinski definition) is 0. The second kappa shape index (κ2) is 7.63. The normalized spacial score (nSPS) is 22.7. The maximum atomic E-state index is 12.5. The van der Waals surface area contributed by atoms with Gasteiger partial charge in [0.2, 0.25) is 5.91 Å². The van der Waals surface area contributed by atoms with Gasteiger partial charge in [0.25, 0.3) is 0 Å². The lowest BCUT2D eigenvalue weighted by molar-refractivity contribution is -0.137. The highest BCUT2D eigenvalue weighted by atomic mass is 16.5. The molecular formula is C18H25NO3. The van der Waals surface area contributed by atoms with Gasteiger partial charge in [-0.05, 0) is 43.7 Å². The molecule has 1 amide bonds. The number of benzene rings is 1. The second-order valence-electron chi connectivity index (χ2n) is 6.28. The van der Waals surface area contributed by atoms with E-state index in [1.165, 1.54) is 0 Å². The van der Waals surface area contributed by atoms with Crippen LogP contribution in [-0.4, -0.2) is 43.7 Å². The Morgan fingerprint density at radius 1 is 1.18 bits per heavy atom. The zero-order valence-electron chi connectivity index (χ0n) is 13.1. The molecule has 2 fully saturated rings. The largest absolute Gasteiger partial charge is 0.494 e. The SMILES string of the molecule is O=C(C1CCOCC1)N1CCC(CCOc2ccccc2)C1. The summed E-state index contributed by atoms with van der Waals surface area (Å²) in [6.07, 6.45) is 3.90. The maximum absolute atomic E-state index is 12.5. The summed E-state index contributed by atoms with van der Waals surface area (Å²) in [5.41, 5.74) is 0. The van der Waals surface area contributed by atoms with Crippen LogP contribution < -0.4 is 4.74 Å². The monoisotopic (exact) mass is 303 g/mol. The van der Waals surface area contributed by atoms with E-state index in [9.17, 15) is 4.79 Å². The van der Waals surface area contributed by atoms with Crippen molar-refractivity contribution in [2.75, 3.05) is 32.9 Å². The lowest BCUT2D eigenvalue weighted by atomic mass is 9.99. The van der Waals surface area contributed by atoms with E-state index in [2.05, 4.69) is 4.90 Å². The molecule has 2 heterocycles. The van der Waals surface area contributed by atoms with Gasteiger partial charge >= 0.3 is 0 Å². The number of hydrogen-bond acceptors (Lipinski definition) is 3. The summed E-state index contributed by atoms with van der Waals surface area (Å²) in [7, 11) is 0. The molecule has 1 aromatic rings. The zero-order valence-corrected chi connectivity index (χ0v) is 13.1. The Balaban J connectivity index is 1.39. The van der Waals surface area contributed by atoms with Crippen LogP contribution in [0.3, 0.4) is 0 Å². The van der Waals surface area contributed by atoms with Crippen molar-refractivity contribution in [3.05, 3.63) is 30.3 Å². The minimum absolute atomic E-state index is 0.188. The van der Waals surface area contributed by atoms with Gasteiger partial charge in [0, 0.05) is 32.2 Å². The van der Waals surface area contributed by atoms with Gasteiger partial charge in [-0.1, -0.05) is 18.2 Å². The summed E-state index contributed by atoms with van der Waals surface area (Å²) in [5.74, 6) is 2.03. The van der Waals surface area contributed by atoms with E-state index < -0.39 is 0 Å². The van der Waals surface area contributed by atoms with Crippen LogP contribution in [0.4, 0.5) is 0 Å². The average molecular weight is 303 g/mol. The smallest absolute Gasteiger partial charge is 0.225 e. The number of nitrogens with zero attached hydrogens (tertiary/aromatic N) is 1. The van der Waals surface area contributed by atoms with Gasteiger partial charge in [-0.3, -0.25) is 4.79 Å². The highest BCUT2D eigenvalue weighted by Crippen LogP contribution is 2.25. The second-order valence-corrected chi connectivity index (χ2v) is 6.28. The van der Waals surface area contributed by atoms with Crippen molar-refractivity contribution >= 4 is 5.91 Å². The molecule has 22 heavy (non-hydrogen) atoms. The van der Waals surface area contributed by atoms with E-state index in [1.54, 1.807) is 0 Å². The molecule has 2 aliphatic rings. The average Bonchev–Trinajstić information content (AvgIpc) is 3.05. The molecule has 0 aliphatic carbocycles. The number of likely N-dealkylation sites (tertiary alicyclic amines) is 1. The van der Waals surface area contributed by atoms with E-state index >= 15 is 0 Å². The van der Waals surface area contributed by atoms with Gasteiger partial charge in [-0.2, -0.15) is 0 Å². The van der Waals surface area contributed by atoms with Crippen LogP contribution in [0.2, 0.25) is 0 Å². The van der Waals surface area contributed by atoms with E-state index in [-0.39, 0.29) is 5.92 Å². The molecule has 1 atom stereocenters. The molecule has 0 aromatic heterocycles. The van der Waals surface area contributed by atoms with E-state index in [0.717, 1.165) is 64.3 Å². The zero-order chi connectivity index (χ0) is 15.2. The molecule has 1 unspecified atom stereocenters. The molecule has 0 N–H and O–H groups in total. The lowest BCUT2D eigenvalue weighted by Crippen LogP contribution is -2.37. The standard InChI is InChI=1S/C18H25NO3/c20-18(16-8-11-21-12-9-16)19-10-6-15(14-19)7-13-22-17-4-2-1-3-5-17/h1-5,15-16H,6-14H2. The molecule has 120 valence electrons. The molecule has 2 saturated heterocycles. The Morgan fingerprint density at radius 2 is 1.95 bits per heavy atom. The van der Waals surface area contributed by atoms with Crippen LogP contribution in [0.25, 0.3) is 0 Å². The van der Waals surface area contributed by atoms with Gasteiger partial charge in [-0.15, -0.1) is 0 Å². The third-order valence-corrected chi connectivity index (χ3v) is 4.71. The number of ether oxygens (including phenoxy) is 2. The fourth-order valence-electron chi connectivity index (χ4n) is 3.33. The summed E-state index contributed by atoms with van der Waals surface area (Å²) < 4.78 is 11.1. The van der Waals surface area contributed by atoms with Crippen LogP contribution >= 0.6 is 0 Å². The predicted molar refractivity (Wildman–Crippen MR) is 84.8 cm³/mol. The maximum Gasteiger partial charge on any atom is 0.225 e. The highest BCUT2D eigenvalue weighted by molar-refractivity contribution is 5.79. The molecule has 4 heteroatoms. The molecule has 1 aromatic carbocycles. The molecule has 2 aliphatic heterocycles. The predicted octanol–water partition coefficient (Wildman–Crippen LogP) is 2.73. The topological polar surface area (TPSA) is 38.8 Å². The third kappa shape index (κ3) is 4.01. The van der Waals surface area contributed by atoms with Crippen LogP contribution in [-0.2, 0) is 9.53 Å². The van der Waals surface area contributed by atoms with Crippen LogP contribution in [0.1, 0.15) is 25.7 Å². The van der Waals surface area contributed by atoms with Crippen molar-refractivity contribution in [1.82, 2.24) is 4.90 Å². The number of para-hydroxylation sites is 1. The van der Waals surface area contributed by atoms with Crippen molar-refractivity contribution in [2.45, 2.75) is 25.7 Å². The van der Waals surface area contributed by atoms with Gasteiger partial charge in [0.15, 0.2) is 0 Å². The van der Waals surface area contributed by atoms with E-state index in [4.69, 9.17) is 9.47 Å². The Morgan fingerprint density at radius 3 is 2.73 bits per heavy atom. The van der Waals surface area contributed by atoms with Gasteiger partial charge in [0.05, 0.1) is 6.61 Å². The first-order valence-electron chi connectivity index (χ1n) is 8.37. The fourth-order valence-corrected chi connectivity index (χ4v) is 3.33. The van der Waals surface area contributed by atoms with Gasteiger partial charge in [0.1, 0.15) is 5.75 Å². The molecule has 0 saturated carbocycles. The van der Waals surface area contributed by atoms with E-state index in [0.29, 0.717) is 11.8 Å². The Labute approximate surface area is 132 Å². The summed E-state index contributed by atoms with van der Waals surface area (Å²) in [4.78, 5) is 14.5. The van der Waals surface area contributed by atoms with Crippen LogP contribution in [0.5, 0.6) is 5.75 Å². The summed E-state index contributed by atoms with van der Waals surface area (Å²) in [5, 5.41) is 0. The number of carbonyl (C=O) groups is 1. The Kier molecular flexibility index (Phi) is 5.33. The number of amides is 1. The summed E-state index contributed by atoms with van der Waals surface area (Å²) in [6, 6.07) is 9.92. The van der Waals surface area contributed by atoms with Crippen LogP contribution in [0, 0.1) is 11.8 Å². The molecule has 4 nitrogen and oxygen atoms in total. The van der Waals surface area contributed by atoms with Crippen molar-refractivity contribution in [3.8, 4) is 5.75 Å². The fraction of sp³-hybridized carbons (Fsp3) is 0.611. The number of rotatable bonds is 5. The highest BCUT2D eigenvalue weighted by Gasteiger charge is 2.31. The molecular weight excluding hydrogens is 278 g/mol. The third-order valence-electron chi connectivity index (χ3n) is 4.71. The summed E-state index contributed by atoms with van der Waals surface area (Å²) >= 11 is 0. The molecule has 0 bridgehead atoms. The minimum Gasteiger partial charge on any atom is -0.494 e. The van der Waals surface area contributed by atoms with Gasteiger partial charge < -0.3 is 14.4 Å². The molecule has 3 rings (SSSR count). The first-order chi connectivity index (χ1) is 10.8. The van der Waals surface area contributed by atoms with Gasteiger partial charge in [-0.25, -0.2) is 0 Å². The summed E-state index contributed by atoms with van der Waals surface area (Å²) in [6.45, 7) is 4.01. The minimum atomic E-state index is 0.188. The van der Waals surface area contributed by atoms with Crippen molar-refractivity contribution in [3.63, 3.8) is 0 Å². The van der Waals surface area contributed by atoms with Crippen LogP contribution in [0.15, 0.2) is 30.3 Å². The first-order valence-corrected chi connectivity index (χ1v) is 8.37. The van der Waals surface area contributed by atoms with E-state index in [1.807, 2.05) is 30.3 Å². The molecule has 0 radical (unpaired) electrons. The van der Waals surface area contributed by atoms with Crippen molar-refractivity contribution in [2.24, 2.45) is 11.8 Å². The first kappa shape index (κ1) is 15.3. The number of carbonyl (C=O) groups excluding carboxylic acids is 1. The Bertz CT molecular complexity index is 470.